The summed E-state index contributed by atoms with van der Waals surface area (Å²) in [5, 5.41) is 0. The molecule has 1 fully saturated rings. The van der Waals surface area contributed by atoms with Gasteiger partial charge in [0.05, 0.1) is 13.2 Å². The van der Waals surface area contributed by atoms with Gasteiger partial charge in [-0.05, 0) is 30.7 Å². The molecular formula is C12H15BrO2. The van der Waals surface area contributed by atoms with Crippen LogP contribution < -0.4 is 4.74 Å². The summed E-state index contributed by atoms with van der Waals surface area (Å²) in [6, 6.07) is 6.11. The maximum Gasteiger partial charge on any atom is 0.120 e. The van der Waals surface area contributed by atoms with Crippen molar-refractivity contribution in [1.29, 1.82) is 0 Å². The van der Waals surface area contributed by atoms with Crippen LogP contribution in [0, 0.1) is 6.92 Å². The van der Waals surface area contributed by atoms with Crippen molar-refractivity contribution < 1.29 is 9.47 Å². The highest BCUT2D eigenvalue weighted by Crippen LogP contribution is 2.24. The molecule has 0 amide bonds. The monoisotopic (exact) mass is 270 g/mol. The minimum Gasteiger partial charge on any atom is -0.490 e. The van der Waals surface area contributed by atoms with E-state index in [0.717, 1.165) is 36.3 Å². The van der Waals surface area contributed by atoms with Gasteiger partial charge >= 0.3 is 0 Å². The molecule has 1 saturated heterocycles. The van der Waals surface area contributed by atoms with E-state index in [1.807, 2.05) is 12.1 Å². The summed E-state index contributed by atoms with van der Waals surface area (Å²) in [5.41, 5.74) is 1.21. The van der Waals surface area contributed by atoms with Gasteiger partial charge in [-0.2, -0.15) is 0 Å². The molecule has 1 aromatic carbocycles. The normalized spacial score (nSPS) is 17.7. The molecule has 1 aliphatic heterocycles. The maximum absolute atomic E-state index is 5.89. The van der Waals surface area contributed by atoms with Gasteiger partial charge in [0, 0.05) is 17.3 Å². The third-order valence-corrected chi connectivity index (χ3v) is 3.49. The molecule has 0 spiro atoms. The van der Waals surface area contributed by atoms with Gasteiger partial charge < -0.3 is 9.47 Å². The van der Waals surface area contributed by atoms with E-state index in [1.54, 1.807) is 0 Å². The number of benzene rings is 1. The van der Waals surface area contributed by atoms with Gasteiger partial charge in [-0.3, -0.25) is 0 Å². The van der Waals surface area contributed by atoms with Crippen LogP contribution in [0.2, 0.25) is 0 Å². The van der Waals surface area contributed by atoms with E-state index in [2.05, 4.69) is 28.9 Å². The topological polar surface area (TPSA) is 18.5 Å². The summed E-state index contributed by atoms with van der Waals surface area (Å²) < 4.78 is 12.3. The zero-order valence-corrected chi connectivity index (χ0v) is 10.4. The van der Waals surface area contributed by atoms with Crippen LogP contribution in [-0.4, -0.2) is 19.3 Å². The Bertz CT molecular complexity index is 332. The molecule has 0 saturated carbocycles. The Morgan fingerprint density at radius 3 is 2.73 bits per heavy atom. The summed E-state index contributed by atoms with van der Waals surface area (Å²) in [4.78, 5) is 0. The van der Waals surface area contributed by atoms with Crippen molar-refractivity contribution in [2.45, 2.75) is 25.9 Å². The molecule has 2 rings (SSSR count). The molecule has 1 aliphatic rings. The van der Waals surface area contributed by atoms with E-state index in [9.17, 15) is 0 Å². The molecule has 3 heteroatoms. The molecule has 0 N–H and O–H groups in total. The van der Waals surface area contributed by atoms with E-state index in [-0.39, 0.29) is 0 Å². The van der Waals surface area contributed by atoms with Crippen LogP contribution in [-0.2, 0) is 4.74 Å². The third-order valence-electron chi connectivity index (χ3n) is 2.60. The number of aryl methyl sites for hydroxylation is 1. The SMILES string of the molecule is Cc1cc(OC2CCOCC2)ccc1Br. The Labute approximate surface area is 98.7 Å². The third kappa shape index (κ3) is 2.95. The molecule has 15 heavy (non-hydrogen) atoms. The predicted octanol–water partition coefficient (Wildman–Crippen LogP) is 3.32. The molecule has 0 bridgehead atoms. The van der Waals surface area contributed by atoms with Crippen LogP contribution in [0.25, 0.3) is 0 Å². The summed E-state index contributed by atoms with van der Waals surface area (Å²) in [6.07, 6.45) is 2.31. The Balaban J connectivity index is 2.00. The van der Waals surface area contributed by atoms with Crippen molar-refractivity contribution in [2.24, 2.45) is 0 Å². The fourth-order valence-electron chi connectivity index (χ4n) is 1.68. The fraction of sp³-hybridized carbons (Fsp3) is 0.500. The average Bonchev–Trinajstić information content (AvgIpc) is 2.25. The second-order valence-corrected chi connectivity index (χ2v) is 4.69. The van der Waals surface area contributed by atoms with Gasteiger partial charge in [0.2, 0.25) is 0 Å². The van der Waals surface area contributed by atoms with Crippen molar-refractivity contribution in [3.63, 3.8) is 0 Å². The van der Waals surface area contributed by atoms with Crippen LogP contribution in [0.15, 0.2) is 22.7 Å². The van der Waals surface area contributed by atoms with Crippen LogP contribution in [0.1, 0.15) is 18.4 Å². The van der Waals surface area contributed by atoms with Crippen LogP contribution >= 0.6 is 15.9 Å². The molecule has 82 valence electrons. The lowest BCUT2D eigenvalue weighted by Crippen LogP contribution is -2.25. The van der Waals surface area contributed by atoms with E-state index < -0.39 is 0 Å². The van der Waals surface area contributed by atoms with Crippen molar-refractivity contribution in [3.8, 4) is 5.75 Å². The maximum atomic E-state index is 5.89. The predicted molar refractivity (Wildman–Crippen MR) is 63.3 cm³/mol. The fourth-order valence-corrected chi connectivity index (χ4v) is 1.92. The van der Waals surface area contributed by atoms with Gasteiger partial charge in [0.1, 0.15) is 11.9 Å². The van der Waals surface area contributed by atoms with Gasteiger partial charge in [0.15, 0.2) is 0 Å². The van der Waals surface area contributed by atoms with Crippen LogP contribution in [0.5, 0.6) is 5.75 Å². The number of hydrogen-bond donors (Lipinski definition) is 0. The molecule has 1 heterocycles. The molecule has 0 atom stereocenters. The molecule has 2 nitrogen and oxygen atoms in total. The zero-order valence-electron chi connectivity index (χ0n) is 8.83. The number of rotatable bonds is 2. The standard InChI is InChI=1S/C12H15BrO2/c1-9-8-11(2-3-12(9)13)15-10-4-6-14-7-5-10/h2-3,8,10H,4-7H2,1H3. The van der Waals surface area contributed by atoms with Crippen LogP contribution in [0.4, 0.5) is 0 Å². The number of halogens is 1. The lowest BCUT2D eigenvalue weighted by Gasteiger charge is -2.23. The van der Waals surface area contributed by atoms with Gasteiger partial charge in [-0.15, -0.1) is 0 Å². The van der Waals surface area contributed by atoms with E-state index in [1.165, 1.54) is 5.56 Å². The van der Waals surface area contributed by atoms with Crippen molar-refractivity contribution in [1.82, 2.24) is 0 Å². The molecular weight excluding hydrogens is 256 g/mol. The van der Waals surface area contributed by atoms with Crippen LogP contribution in [0.3, 0.4) is 0 Å². The van der Waals surface area contributed by atoms with Gasteiger partial charge in [0.25, 0.3) is 0 Å². The van der Waals surface area contributed by atoms with Gasteiger partial charge in [-0.1, -0.05) is 15.9 Å². The van der Waals surface area contributed by atoms with E-state index >= 15 is 0 Å². The largest absolute Gasteiger partial charge is 0.490 e. The number of hydrogen-bond acceptors (Lipinski definition) is 2. The first-order valence-corrected chi connectivity index (χ1v) is 6.05. The Morgan fingerprint density at radius 2 is 2.07 bits per heavy atom. The Kier molecular flexibility index (Phi) is 3.65. The zero-order chi connectivity index (χ0) is 10.7. The van der Waals surface area contributed by atoms with Crippen molar-refractivity contribution in [2.75, 3.05) is 13.2 Å². The molecule has 0 aliphatic carbocycles. The van der Waals surface area contributed by atoms with Crippen molar-refractivity contribution >= 4 is 15.9 Å². The smallest absolute Gasteiger partial charge is 0.120 e. The minimum absolute atomic E-state index is 0.319. The summed E-state index contributed by atoms with van der Waals surface area (Å²) in [7, 11) is 0. The molecule has 1 aromatic rings. The molecule has 0 aromatic heterocycles. The quantitative estimate of drug-likeness (QED) is 0.821. The average molecular weight is 271 g/mol. The molecule has 0 unspecified atom stereocenters. The minimum atomic E-state index is 0.319. The summed E-state index contributed by atoms with van der Waals surface area (Å²) >= 11 is 3.48. The van der Waals surface area contributed by atoms with E-state index in [0.29, 0.717) is 6.10 Å². The first-order chi connectivity index (χ1) is 7.25. The highest BCUT2D eigenvalue weighted by molar-refractivity contribution is 9.10. The van der Waals surface area contributed by atoms with Gasteiger partial charge in [-0.25, -0.2) is 0 Å². The summed E-state index contributed by atoms with van der Waals surface area (Å²) in [5.74, 6) is 0.961. The lowest BCUT2D eigenvalue weighted by molar-refractivity contribution is 0.0255. The highest BCUT2D eigenvalue weighted by Gasteiger charge is 2.15. The Morgan fingerprint density at radius 1 is 1.33 bits per heavy atom. The Hall–Kier alpha value is -0.540. The highest BCUT2D eigenvalue weighted by atomic mass is 79.9. The summed E-state index contributed by atoms with van der Waals surface area (Å²) in [6.45, 7) is 3.71. The lowest BCUT2D eigenvalue weighted by atomic mass is 10.1. The van der Waals surface area contributed by atoms with Crippen molar-refractivity contribution in [3.05, 3.63) is 28.2 Å². The van der Waals surface area contributed by atoms with E-state index in [4.69, 9.17) is 9.47 Å². The molecule has 0 radical (unpaired) electrons. The first kappa shape index (κ1) is 11.0. The second-order valence-electron chi connectivity index (χ2n) is 3.84. The number of ether oxygens (including phenoxy) is 2. The second kappa shape index (κ2) is 4.99. The first-order valence-electron chi connectivity index (χ1n) is 5.26.